The van der Waals surface area contributed by atoms with Crippen molar-refractivity contribution in [2.75, 3.05) is 22.7 Å². The van der Waals surface area contributed by atoms with Gasteiger partial charge < -0.3 is 19.5 Å². The maximum absolute atomic E-state index is 13.8. The number of fused-ring (bicyclic) bond motifs is 2. The summed E-state index contributed by atoms with van der Waals surface area (Å²) in [6, 6.07) is 30.7. The topological polar surface area (TPSA) is 64.3 Å². The molecule has 1 aliphatic heterocycles. The molecule has 0 atom stereocenters. The molecule has 0 saturated carbocycles. The van der Waals surface area contributed by atoms with Gasteiger partial charge in [-0.2, -0.15) is 0 Å². The molecule has 1 amide bonds. The molecule has 1 aromatic heterocycles. The Morgan fingerprint density at radius 2 is 1.78 bits per heavy atom. The van der Waals surface area contributed by atoms with Crippen LogP contribution in [0.25, 0.3) is 10.8 Å². The number of nitrogens with zero attached hydrogens (tertiary/aromatic N) is 3. The lowest BCUT2D eigenvalue weighted by Gasteiger charge is -2.25. The molecule has 0 fully saturated rings. The van der Waals surface area contributed by atoms with E-state index < -0.39 is 0 Å². The van der Waals surface area contributed by atoms with Gasteiger partial charge in [-0.1, -0.05) is 60.7 Å². The van der Waals surface area contributed by atoms with E-state index >= 15 is 0 Å². The lowest BCUT2D eigenvalue weighted by molar-refractivity contribution is 0.0753. The summed E-state index contributed by atoms with van der Waals surface area (Å²) in [6.45, 7) is 2.60. The summed E-state index contributed by atoms with van der Waals surface area (Å²) >= 11 is 1.59. The van der Waals surface area contributed by atoms with Crippen molar-refractivity contribution in [3.05, 3.63) is 120 Å². The maximum atomic E-state index is 13.8. The molecule has 5 aromatic rings. The van der Waals surface area contributed by atoms with Gasteiger partial charge in [0.2, 0.25) is 0 Å². The first-order chi connectivity index (χ1) is 18.2. The molecular formula is C30H27N5OS. The van der Waals surface area contributed by atoms with E-state index in [0.29, 0.717) is 19.6 Å². The van der Waals surface area contributed by atoms with Crippen molar-refractivity contribution in [3.63, 3.8) is 0 Å². The third kappa shape index (κ3) is 5.04. The predicted octanol–water partition coefficient (Wildman–Crippen LogP) is 6.34. The zero-order valence-electron chi connectivity index (χ0n) is 20.3. The van der Waals surface area contributed by atoms with Crippen LogP contribution >= 0.6 is 11.9 Å². The number of hydrogen-bond donors (Lipinski definition) is 2. The summed E-state index contributed by atoms with van der Waals surface area (Å²) in [5, 5.41) is 2.07. The molecule has 4 aromatic carbocycles. The van der Waals surface area contributed by atoms with Crippen molar-refractivity contribution in [2.24, 2.45) is 0 Å². The van der Waals surface area contributed by atoms with Crippen LogP contribution in [0, 0.1) is 0 Å². The number of carbonyl (C=O) groups excluding carboxylic acids is 1. The maximum Gasteiger partial charge on any atom is 0.254 e. The fourth-order valence-corrected chi connectivity index (χ4v) is 5.46. The van der Waals surface area contributed by atoms with Gasteiger partial charge in [-0.25, -0.2) is 4.98 Å². The molecule has 0 aliphatic carbocycles. The van der Waals surface area contributed by atoms with E-state index in [1.807, 2.05) is 59.6 Å². The van der Waals surface area contributed by atoms with Crippen LogP contribution in [0.3, 0.4) is 0 Å². The lowest BCUT2D eigenvalue weighted by atomic mass is 10.0. The van der Waals surface area contributed by atoms with Crippen molar-refractivity contribution in [1.82, 2.24) is 14.9 Å². The Kier molecular flexibility index (Phi) is 6.52. The highest BCUT2D eigenvalue weighted by atomic mass is 32.2. The molecule has 2 N–H and O–H groups in total. The average molecular weight is 506 g/mol. The van der Waals surface area contributed by atoms with Gasteiger partial charge >= 0.3 is 0 Å². The Morgan fingerprint density at radius 3 is 2.65 bits per heavy atom. The normalized spacial score (nSPS) is 13.3. The van der Waals surface area contributed by atoms with Gasteiger partial charge in [0.25, 0.3) is 5.91 Å². The van der Waals surface area contributed by atoms with Crippen LogP contribution in [0.4, 0.5) is 11.4 Å². The van der Waals surface area contributed by atoms with E-state index in [2.05, 4.69) is 62.1 Å². The van der Waals surface area contributed by atoms with E-state index in [4.69, 9.17) is 0 Å². The second kappa shape index (κ2) is 10.4. The Bertz CT molecular complexity index is 1510. The predicted molar refractivity (Wildman–Crippen MR) is 151 cm³/mol. The third-order valence-corrected chi connectivity index (χ3v) is 7.53. The van der Waals surface area contributed by atoms with Crippen LogP contribution in [0.15, 0.2) is 108 Å². The summed E-state index contributed by atoms with van der Waals surface area (Å²) in [7, 11) is 0. The molecule has 6 rings (SSSR count). The molecule has 0 saturated heterocycles. The first-order valence-electron chi connectivity index (χ1n) is 12.3. The van der Waals surface area contributed by atoms with E-state index in [1.165, 1.54) is 0 Å². The fourth-order valence-electron chi connectivity index (χ4n) is 4.80. The molecule has 1 aliphatic rings. The van der Waals surface area contributed by atoms with Crippen LogP contribution in [-0.4, -0.2) is 33.9 Å². The zero-order valence-corrected chi connectivity index (χ0v) is 21.1. The number of aromatic amines is 1. The number of imidazole rings is 1. The molecular weight excluding hydrogens is 478 g/mol. The molecule has 0 radical (unpaired) electrons. The van der Waals surface area contributed by atoms with Gasteiger partial charge in [-0.3, -0.25) is 4.79 Å². The summed E-state index contributed by atoms with van der Waals surface area (Å²) in [4.78, 5) is 26.7. The smallest absolute Gasteiger partial charge is 0.254 e. The number of amides is 1. The SMILES string of the molecule is O=C(c1cccc2ccccc12)N1CCN(Cc2cnc[nH]2)c2cc(NSc3ccccc3)ccc2C1. The second-order valence-electron chi connectivity index (χ2n) is 9.11. The van der Waals surface area contributed by atoms with Crippen molar-refractivity contribution < 1.29 is 4.79 Å². The van der Waals surface area contributed by atoms with E-state index in [-0.39, 0.29) is 5.91 Å². The first-order valence-corrected chi connectivity index (χ1v) is 13.2. The zero-order chi connectivity index (χ0) is 25.0. The minimum absolute atomic E-state index is 0.0629. The lowest BCUT2D eigenvalue weighted by Crippen LogP contribution is -2.35. The van der Waals surface area contributed by atoms with Crippen molar-refractivity contribution in [1.29, 1.82) is 0 Å². The number of anilines is 2. The Morgan fingerprint density at radius 1 is 0.946 bits per heavy atom. The van der Waals surface area contributed by atoms with Gasteiger partial charge in [-0.15, -0.1) is 0 Å². The van der Waals surface area contributed by atoms with E-state index in [0.717, 1.165) is 50.4 Å². The fraction of sp³-hybridized carbons (Fsp3) is 0.133. The molecule has 0 spiro atoms. The molecule has 2 heterocycles. The molecule has 6 nitrogen and oxygen atoms in total. The standard InChI is InChI=1S/C30H27N5OS/c36-30(28-12-6-8-22-7-4-5-11-27(22)28)35-16-15-34(20-25-18-31-21-32-25)29-17-24(14-13-23(29)19-35)33-37-26-9-2-1-3-10-26/h1-14,17-18,21,33H,15-16,19-20H2,(H,31,32). The second-order valence-corrected chi connectivity index (χ2v) is 9.99. The highest BCUT2D eigenvalue weighted by molar-refractivity contribution is 8.00. The van der Waals surface area contributed by atoms with Crippen LogP contribution in [0.2, 0.25) is 0 Å². The Hall–Kier alpha value is -4.23. The molecule has 7 heteroatoms. The van der Waals surface area contributed by atoms with E-state index in [9.17, 15) is 4.79 Å². The summed E-state index contributed by atoms with van der Waals surface area (Å²) in [5.74, 6) is 0.0629. The summed E-state index contributed by atoms with van der Waals surface area (Å²) in [6.07, 6.45) is 3.57. The minimum Gasteiger partial charge on any atom is -0.364 e. The first kappa shape index (κ1) is 23.2. The van der Waals surface area contributed by atoms with Gasteiger partial charge in [0.05, 0.1) is 18.6 Å². The Balaban J connectivity index is 1.30. The van der Waals surface area contributed by atoms with Gasteiger partial charge in [0, 0.05) is 47.7 Å². The number of rotatable bonds is 6. The highest BCUT2D eigenvalue weighted by Crippen LogP contribution is 2.32. The minimum atomic E-state index is 0.0629. The quantitative estimate of drug-likeness (QED) is 0.264. The van der Waals surface area contributed by atoms with E-state index in [1.54, 1.807) is 18.3 Å². The molecule has 0 bridgehead atoms. The van der Waals surface area contributed by atoms with Crippen LogP contribution in [0.5, 0.6) is 0 Å². The molecule has 37 heavy (non-hydrogen) atoms. The number of carbonyl (C=O) groups is 1. The monoisotopic (exact) mass is 505 g/mol. The largest absolute Gasteiger partial charge is 0.364 e. The van der Waals surface area contributed by atoms with Crippen LogP contribution < -0.4 is 9.62 Å². The summed E-state index contributed by atoms with van der Waals surface area (Å²) < 4.78 is 3.48. The Labute approximate surface area is 220 Å². The molecule has 184 valence electrons. The van der Waals surface area contributed by atoms with Crippen molar-refractivity contribution >= 4 is 40.0 Å². The number of benzene rings is 4. The number of nitrogens with one attached hydrogen (secondary N) is 2. The van der Waals surface area contributed by atoms with Crippen LogP contribution in [0.1, 0.15) is 21.6 Å². The average Bonchev–Trinajstić information content (AvgIpc) is 3.40. The van der Waals surface area contributed by atoms with Crippen molar-refractivity contribution in [3.8, 4) is 0 Å². The van der Waals surface area contributed by atoms with Crippen LogP contribution in [-0.2, 0) is 13.1 Å². The van der Waals surface area contributed by atoms with Gasteiger partial charge in [0.1, 0.15) is 0 Å². The highest BCUT2D eigenvalue weighted by Gasteiger charge is 2.25. The van der Waals surface area contributed by atoms with Crippen molar-refractivity contribution in [2.45, 2.75) is 18.0 Å². The van der Waals surface area contributed by atoms with Gasteiger partial charge in [-0.05, 0) is 58.6 Å². The number of hydrogen-bond acceptors (Lipinski definition) is 5. The number of aromatic nitrogens is 2. The number of H-pyrrole nitrogens is 1. The molecule has 0 unspecified atom stereocenters. The van der Waals surface area contributed by atoms with Gasteiger partial charge in [0.15, 0.2) is 0 Å². The third-order valence-electron chi connectivity index (χ3n) is 6.68. The summed E-state index contributed by atoms with van der Waals surface area (Å²) in [5.41, 5.74) is 5.06.